The lowest BCUT2D eigenvalue weighted by Crippen LogP contribution is -2.30. The molecule has 0 aromatic heterocycles. The molecule has 0 aromatic carbocycles. The van der Waals surface area contributed by atoms with Crippen LogP contribution in [0.4, 0.5) is 0 Å². The van der Waals surface area contributed by atoms with Gasteiger partial charge in [0, 0.05) is 25.7 Å². The summed E-state index contributed by atoms with van der Waals surface area (Å²) in [5.41, 5.74) is 0. The molecular formula is C80H156O17P2. The third-order valence-corrected chi connectivity index (χ3v) is 21.0. The number of carbonyl (C=O) groups is 4. The lowest BCUT2D eigenvalue weighted by Gasteiger charge is -2.21. The third kappa shape index (κ3) is 72.8. The fraction of sp³-hybridized carbons (Fsp3) is 0.950. The van der Waals surface area contributed by atoms with Crippen molar-refractivity contribution in [3.8, 4) is 0 Å². The topological polar surface area (TPSA) is 237 Å². The first-order chi connectivity index (χ1) is 47.9. The van der Waals surface area contributed by atoms with Gasteiger partial charge in [0.1, 0.15) is 19.3 Å². The molecule has 99 heavy (non-hydrogen) atoms. The summed E-state index contributed by atoms with van der Waals surface area (Å²) < 4.78 is 68.4. The first kappa shape index (κ1) is 97.1. The number of unbranched alkanes of at least 4 members (excludes halogenated alkanes) is 48. The molecule has 0 aromatic rings. The Hall–Kier alpha value is -1.94. The van der Waals surface area contributed by atoms with Crippen molar-refractivity contribution in [3.63, 3.8) is 0 Å². The van der Waals surface area contributed by atoms with Crippen molar-refractivity contribution >= 4 is 39.5 Å². The number of rotatable bonds is 79. The van der Waals surface area contributed by atoms with Crippen LogP contribution in [0.25, 0.3) is 0 Å². The van der Waals surface area contributed by atoms with Gasteiger partial charge in [-0.1, -0.05) is 369 Å². The van der Waals surface area contributed by atoms with E-state index in [2.05, 4.69) is 41.5 Å². The average molecular weight is 1450 g/mol. The van der Waals surface area contributed by atoms with E-state index in [1.165, 1.54) is 231 Å². The Morgan fingerprint density at radius 1 is 0.293 bits per heavy atom. The molecule has 588 valence electrons. The van der Waals surface area contributed by atoms with Crippen LogP contribution in [0, 0.1) is 11.8 Å². The molecule has 0 spiro atoms. The Labute approximate surface area is 607 Å². The summed E-state index contributed by atoms with van der Waals surface area (Å²) >= 11 is 0. The predicted octanol–water partition coefficient (Wildman–Crippen LogP) is 23.9. The number of hydrogen-bond donors (Lipinski definition) is 3. The van der Waals surface area contributed by atoms with Gasteiger partial charge in [-0.25, -0.2) is 9.13 Å². The van der Waals surface area contributed by atoms with E-state index in [0.717, 1.165) is 108 Å². The fourth-order valence-electron chi connectivity index (χ4n) is 12.3. The number of hydrogen-bond acceptors (Lipinski definition) is 15. The van der Waals surface area contributed by atoms with Gasteiger partial charge in [0.25, 0.3) is 0 Å². The van der Waals surface area contributed by atoms with Crippen LogP contribution >= 0.6 is 15.6 Å². The maximum Gasteiger partial charge on any atom is 0.472 e. The summed E-state index contributed by atoms with van der Waals surface area (Å²) in [6.45, 7) is 9.63. The molecule has 19 heteroatoms. The monoisotopic (exact) mass is 1450 g/mol. The van der Waals surface area contributed by atoms with E-state index in [9.17, 15) is 43.2 Å². The predicted molar refractivity (Wildman–Crippen MR) is 405 cm³/mol. The number of carbonyl (C=O) groups excluding carboxylic acids is 4. The number of esters is 4. The van der Waals surface area contributed by atoms with Crippen LogP contribution in [-0.2, 0) is 65.4 Å². The first-order valence-electron chi connectivity index (χ1n) is 41.5. The van der Waals surface area contributed by atoms with Crippen molar-refractivity contribution in [2.45, 2.75) is 439 Å². The quantitative estimate of drug-likeness (QED) is 0.0222. The number of aliphatic hydroxyl groups is 1. The second-order valence-electron chi connectivity index (χ2n) is 29.5. The van der Waals surface area contributed by atoms with Gasteiger partial charge in [-0.2, -0.15) is 0 Å². The molecule has 0 radical (unpaired) electrons. The Bertz CT molecular complexity index is 1910. The van der Waals surface area contributed by atoms with Crippen molar-refractivity contribution in [1.29, 1.82) is 0 Å². The van der Waals surface area contributed by atoms with Crippen molar-refractivity contribution in [2.75, 3.05) is 39.6 Å². The normalized spacial score (nSPS) is 14.2. The molecule has 0 aliphatic carbocycles. The average Bonchev–Trinajstić information content (AvgIpc) is 0.971. The molecule has 0 rings (SSSR count). The second kappa shape index (κ2) is 71.7. The molecule has 0 aliphatic rings. The second-order valence-corrected chi connectivity index (χ2v) is 32.4. The third-order valence-electron chi connectivity index (χ3n) is 19.1. The zero-order chi connectivity index (χ0) is 72.8. The van der Waals surface area contributed by atoms with Crippen LogP contribution < -0.4 is 0 Å². The van der Waals surface area contributed by atoms with Crippen molar-refractivity contribution in [2.24, 2.45) is 11.8 Å². The van der Waals surface area contributed by atoms with Crippen molar-refractivity contribution in [3.05, 3.63) is 0 Å². The minimum absolute atomic E-state index is 0.107. The largest absolute Gasteiger partial charge is 0.472 e. The van der Waals surface area contributed by atoms with Crippen LogP contribution in [0.5, 0.6) is 0 Å². The molecule has 0 bridgehead atoms. The SMILES string of the molecule is CCCCCCCCCCCCCCCCCCC(=O)O[C@H](COC(=O)CCCCCCC)COP(=O)(O)OC[C@H](O)COP(=O)(O)OC[C@@H](COC(=O)CCCCCCCCCCCCCCCC(C)C)OC(=O)CCCCCCCCCCCCCCCCCCCCC(C)CC. The standard InChI is InChI=1S/C80H156O17P2/c1-7-10-12-14-15-16-17-18-19-25-30-36-41-46-52-58-64-79(84)96-75(68-90-77(82)62-56-48-13-11-8-2)70-94-98(86,87)92-66-74(81)67-93-99(88,89)95-71-76(69-91-78(83)63-57-51-45-40-35-32-27-28-33-38-43-49-54-60-72(4)5)97-80(85)65-59-53-47-42-37-31-26-23-21-20-22-24-29-34-39-44-50-55-61-73(6)9-3/h72-76,81H,7-71H2,1-6H3,(H,86,87)(H,88,89)/t73?,74-,75+,76+/m0/s1. The van der Waals surface area contributed by atoms with E-state index in [-0.39, 0.29) is 25.7 Å². The minimum Gasteiger partial charge on any atom is -0.462 e. The van der Waals surface area contributed by atoms with Gasteiger partial charge in [-0.05, 0) is 37.5 Å². The van der Waals surface area contributed by atoms with E-state index in [1.54, 1.807) is 0 Å². The molecule has 0 fully saturated rings. The van der Waals surface area contributed by atoms with Gasteiger partial charge in [-0.3, -0.25) is 37.3 Å². The molecule has 17 nitrogen and oxygen atoms in total. The highest BCUT2D eigenvalue weighted by molar-refractivity contribution is 7.47. The van der Waals surface area contributed by atoms with Crippen molar-refractivity contribution < 1.29 is 80.2 Å². The van der Waals surface area contributed by atoms with Gasteiger partial charge < -0.3 is 33.8 Å². The summed E-state index contributed by atoms with van der Waals surface area (Å²) in [4.78, 5) is 72.7. The molecule has 0 amide bonds. The van der Waals surface area contributed by atoms with Crippen LogP contribution in [0.2, 0.25) is 0 Å². The van der Waals surface area contributed by atoms with Crippen LogP contribution in [0.15, 0.2) is 0 Å². The van der Waals surface area contributed by atoms with E-state index >= 15 is 0 Å². The van der Waals surface area contributed by atoms with E-state index in [0.29, 0.717) is 25.7 Å². The molecule has 0 aliphatic heterocycles. The van der Waals surface area contributed by atoms with Gasteiger partial charge in [0.15, 0.2) is 12.2 Å². The highest BCUT2D eigenvalue weighted by atomic mass is 31.2. The van der Waals surface area contributed by atoms with Gasteiger partial charge in [0.2, 0.25) is 0 Å². The van der Waals surface area contributed by atoms with Crippen LogP contribution in [0.3, 0.4) is 0 Å². The summed E-state index contributed by atoms with van der Waals surface area (Å²) in [5.74, 6) is -0.459. The summed E-state index contributed by atoms with van der Waals surface area (Å²) in [7, 11) is -9.91. The van der Waals surface area contributed by atoms with Crippen molar-refractivity contribution in [1.82, 2.24) is 0 Å². The first-order valence-corrected chi connectivity index (χ1v) is 44.5. The van der Waals surface area contributed by atoms with Crippen LogP contribution in [0.1, 0.15) is 420 Å². The minimum atomic E-state index is -4.96. The molecule has 0 saturated heterocycles. The molecular weight excluding hydrogens is 1290 g/mol. The smallest absolute Gasteiger partial charge is 0.462 e. The number of phosphoric ester groups is 2. The Kier molecular flexibility index (Phi) is 70.3. The van der Waals surface area contributed by atoms with Crippen LogP contribution in [-0.4, -0.2) is 96.7 Å². The zero-order valence-corrected chi connectivity index (χ0v) is 66.6. The Balaban J connectivity index is 5.11. The number of aliphatic hydroxyl groups excluding tert-OH is 1. The molecule has 3 unspecified atom stereocenters. The van der Waals surface area contributed by atoms with Gasteiger partial charge >= 0.3 is 39.5 Å². The fourth-order valence-corrected chi connectivity index (χ4v) is 13.9. The maximum absolute atomic E-state index is 13.1. The van der Waals surface area contributed by atoms with E-state index in [1.807, 2.05) is 0 Å². The molecule has 3 N–H and O–H groups in total. The van der Waals surface area contributed by atoms with E-state index in [4.69, 9.17) is 37.0 Å². The van der Waals surface area contributed by atoms with E-state index < -0.39 is 97.5 Å². The van der Waals surface area contributed by atoms with Gasteiger partial charge in [-0.15, -0.1) is 0 Å². The lowest BCUT2D eigenvalue weighted by molar-refractivity contribution is -0.161. The molecule has 0 saturated carbocycles. The highest BCUT2D eigenvalue weighted by Gasteiger charge is 2.30. The van der Waals surface area contributed by atoms with Gasteiger partial charge in [0.05, 0.1) is 26.4 Å². The summed E-state index contributed by atoms with van der Waals surface area (Å²) in [5, 5.41) is 10.6. The number of phosphoric acid groups is 2. The lowest BCUT2D eigenvalue weighted by atomic mass is 9.99. The molecule has 0 heterocycles. The summed E-state index contributed by atoms with van der Waals surface area (Å²) in [6, 6.07) is 0. The Morgan fingerprint density at radius 3 is 0.768 bits per heavy atom. The number of ether oxygens (including phenoxy) is 4. The maximum atomic E-state index is 13.1. The highest BCUT2D eigenvalue weighted by Crippen LogP contribution is 2.45. The molecule has 6 atom stereocenters. The zero-order valence-electron chi connectivity index (χ0n) is 64.8. The summed E-state index contributed by atoms with van der Waals surface area (Å²) in [6.07, 6.45) is 61.5. The Morgan fingerprint density at radius 2 is 0.515 bits per heavy atom.